The molecular weight excluding hydrogens is 316 g/mol. The number of rotatable bonds is 4. The van der Waals surface area contributed by atoms with Gasteiger partial charge in [-0.05, 0) is 38.0 Å². The van der Waals surface area contributed by atoms with Gasteiger partial charge in [0.1, 0.15) is 5.69 Å². The van der Waals surface area contributed by atoms with Crippen molar-refractivity contribution in [2.45, 2.75) is 32.2 Å². The van der Waals surface area contributed by atoms with Crippen LogP contribution in [-0.2, 0) is 9.53 Å². The van der Waals surface area contributed by atoms with Gasteiger partial charge in [0.25, 0.3) is 11.9 Å². The summed E-state index contributed by atoms with van der Waals surface area (Å²) in [6, 6.07) is -0.613. The van der Waals surface area contributed by atoms with E-state index >= 15 is 0 Å². The molecular formula is C15H16F4N2O2. The number of fused-ring (bicyclic) bond motifs is 2. The minimum atomic E-state index is -1.72. The molecule has 0 radical (unpaired) electrons. The van der Waals surface area contributed by atoms with E-state index in [1.54, 1.807) is 6.92 Å². The number of anilines is 1. The fraction of sp³-hybridized carbons (Fsp3) is 0.600. The van der Waals surface area contributed by atoms with Crippen LogP contribution in [0.3, 0.4) is 0 Å². The van der Waals surface area contributed by atoms with E-state index < -0.39 is 47.1 Å². The number of aromatic nitrogens is 1. The summed E-state index contributed by atoms with van der Waals surface area (Å²) < 4.78 is 59.1. The fourth-order valence-electron chi connectivity index (χ4n) is 3.86. The largest absolute Gasteiger partial charge is 0.466 e. The van der Waals surface area contributed by atoms with E-state index in [4.69, 9.17) is 4.74 Å². The molecule has 4 unspecified atom stereocenters. The van der Waals surface area contributed by atoms with Gasteiger partial charge in [-0.3, -0.25) is 4.79 Å². The molecule has 0 aromatic carbocycles. The third kappa shape index (κ3) is 2.64. The van der Waals surface area contributed by atoms with Crippen molar-refractivity contribution in [2.24, 2.45) is 17.8 Å². The first-order chi connectivity index (χ1) is 10.9. The lowest BCUT2D eigenvalue weighted by Crippen LogP contribution is -2.40. The summed E-state index contributed by atoms with van der Waals surface area (Å²) in [4.78, 5) is 14.7. The summed E-state index contributed by atoms with van der Waals surface area (Å²) in [5.74, 6) is -7.58. The number of nitrogens with zero attached hydrogens (tertiary/aromatic N) is 1. The predicted octanol–water partition coefficient (Wildman–Crippen LogP) is 3.03. The Morgan fingerprint density at radius 3 is 2.39 bits per heavy atom. The first-order valence-corrected chi connectivity index (χ1v) is 7.57. The lowest BCUT2D eigenvalue weighted by molar-refractivity contribution is -0.150. The summed E-state index contributed by atoms with van der Waals surface area (Å²) in [6.45, 7) is 1.86. The first-order valence-electron chi connectivity index (χ1n) is 7.57. The Labute approximate surface area is 130 Å². The number of ether oxygens (including phenoxy) is 1. The normalized spacial score (nSPS) is 28.9. The molecule has 2 aliphatic carbocycles. The van der Waals surface area contributed by atoms with Gasteiger partial charge in [0.05, 0.1) is 12.5 Å². The first kappa shape index (κ1) is 16.0. The van der Waals surface area contributed by atoms with E-state index in [0.717, 1.165) is 19.3 Å². The lowest BCUT2D eigenvalue weighted by atomic mass is 9.84. The van der Waals surface area contributed by atoms with Crippen LogP contribution >= 0.6 is 0 Å². The zero-order valence-corrected chi connectivity index (χ0v) is 12.4. The van der Waals surface area contributed by atoms with Crippen molar-refractivity contribution in [3.05, 3.63) is 23.5 Å². The van der Waals surface area contributed by atoms with Crippen LogP contribution in [-0.4, -0.2) is 23.6 Å². The molecule has 1 aromatic heterocycles. The monoisotopic (exact) mass is 332 g/mol. The SMILES string of the molecule is CCOC(=O)C1C2CCC(C2)C1Nc1c(F)c(F)nc(F)c1F. The Kier molecular flexibility index (Phi) is 4.16. The number of pyridine rings is 1. The van der Waals surface area contributed by atoms with Crippen molar-refractivity contribution < 1.29 is 27.1 Å². The molecule has 1 aromatic rings. The number of carbonyl (C=O) groups excluding carboxylic acids is 1. The van der Waals surface area contributed by atoms with Gasteiger partial charge in [-0.25, -0.2) is 0 Å². The molecule has 2 aliphatic rings. The summed E-state index contributed by atoms with van der Waals surface area (Å²) in [6.07, 6.45) is 2.34. The summed E-state index contributed by atoms with van der Waals surface area (Å²) >= 11 is 0. The van der Waals surface area contributed by atoms with Gasteiger partial charge < -0.3 is 10.1 Å². The third-order valence-electron chi connectivity index (χ3n) is 4.78. The van der Waals surface area contributed by atoms with Gasteiger partial charge >= 0.3 is 5.97 Å². The fourth-order valence-corrected chi connectivity index (χ4v) is 3.86. The minimum absolute atomic E-state index is 0.00694. The quantitative estimate of drug-likeness (QED) is 0.523. The van der Waals surface area contributed by atoms with Crippen LogP contribution in [0.15, 0.2) is 0 Å². The smallest absolute Gasteiger partial charge is 0.311 e. The highest BCUT2D eigenvalue weighted by molar-refractivity contribution is 5.75. The summed E-state index contributed by atoms with van der Waals surface area (Å²) in [5, 5.41) is 2.51. The molecule has 1 heterocycles. The van der Waals surface area contributed by atoms with Crippen molar-refractivity contribution >= 4 is 11.7 Å². The van der Waals surface area contributed by atoms with E-state index in [0.29, 0.717) is 0 Å². The second-order valence-corrected chi connectivity index (χ2v) is 5.98. The van der Waals surface area contributed by atoms with Crippen LogP contribution in [0.5, 0.6) is 0 Å². The maximum atomic E-state index is 13.8. The van der Waals surface area contributed by atoms with E-state index in [2.05, 4.69) is 10.3 Å². The highest BCUT2D eigenvalue weighted by atomic mass is 19.2. The van der Waals surface area contributed by atoms with Gasteiger partial charge in [-0.2, -0.15) is 22.5 Å². The highest BCUT2D eigenvalue weighted by Crippen LogP contribution is 2.50. The molecule has 0 saturated heterocycles. The van der Waals surface area contributed by atoms with Crippen molar-refractivity contribution in [1.29, 1.82) is 0 Å². The van der Waals surface area contributed by atoms with Crippen molar-refractivity contribution in [1.82, 2.24) is 4.98 Å². The van der Waals surface area contributed by atoms with Crippen molar-refractivity contribution in [2.75, 3.05) is 11.9 Å². The van der Waals surface area contributed by atoms with Crippen molar-refractivity contribution in [3.63, 3.8) is 0 Å². The molecule has 2 saturated carbocycles. The van der Waals surface area contributed by atoms with Crippen molar-refractivity contribution in [3.8, 4) is 0 Å². The Balaban J connectivity index is 1.91. The minimum Gasteiger partial charge on any atom is -0.466 e. The zero-order chi connectivity index (χ0) is 16.7. The highest BCUT2D eigenvalue weighted by Gasteiger charge is 2.52. The number of hydrogen-bond acceptors (Lipinski definition) is 4. The van der Waals surface area contributed by atoms with Crippen LogP contribution in [0.2, 0.25) is 0 Å². The third-order valence-corrected chi connectivity index (χ3v) is 4.78. The van der Waals surface area contributed by atoms with Gasteiger partial charge in [-0.15, -0.1) is 0 Å². The Morgan fingerprint density at radius 1 is 1.17 bits per heavy atom. The van der Waals surface area contributed by atoms with Crippen LogP contribution in [0, 0.1) is 41.3 Å². The Hall–Kier alpha value is -1.86. The molecule has 23 heavy (non-hydrogen) atoms. The van der Waals surface area contributed by atoms with Gasteiger partial charge in [0.2, 0.25) is 11.6 Å². The standard InChI is InChI=1S/C15H16F4N2O2/c1-2-23-15(22)8-6-3-4-7(5-6)11(8)20-12-9(16)13(18)21-14(19)10(12)17/h6-8,11H,2-5H2,1H3,(H,20,21). The number of hydrogen-bond donors (Lipinski definition) is 1. The van der Waals surface area contributed by atoms with E-state index in [1.165, 1.54) is 0 Å². The average Bonchev–Trinajstić information content (AvgIpc) is 3.10. The molecule has 0 aliphatic heterocycles. The number of halogens is 4. The van der Waals surface area contributed by atoms with E-state index in [9.17, 15) is 22.4 Å². The molecule has 0 amide bonds. The Bertz CT molecular complexity index is 614. The molecule has 126 valence electrons. The number of esters is 1. The Morgan fingerprint density at radius 2 is 1.78 bits per heavy atom. The van der Waals surface area contributed by atoms with Gasteiger partial charge in [0.15, 0.2) is 0 Å². The number of carbonyl (C=O) groups is 1. The molecule has 8 heteroatoms. The maximum absolute atomic E-state index is 13.8. The number of nitrogens with one attached hydrogen (secondary N) is 1. The molecule has 4 atom stereocenters. The van der Waals surface area contributed by atoms with Crippen LogP contribution in [0.4, 0.5) is 23.2 Å². The lowest BCUT2D eigenvalue weighted by Gasteiger charge is -2.31. The van der Waals surface area contributed by atoms with E-state index in [1.807, 2.05) is 0 Å². The van der Waals surface area contributed by atoms with Crippen LogP contribution in [0.1, 0.15) is 26.2 Å². The average molecular weight is 332 g/mol. The van der Waals surface area contributed by atoms with Crippen LogP contribution in [0.25, 0.3) is 0 Å². The molecule has 2 bridgehead atoms. The molecule has 1 N–H and O–H groups in total. The van der Waals surface area contributed by atoms with Crippen LogP contribution < -0.4 is 5.32 Å². The summed E-state index contributed by atoms with van der Waals surface area (Å²) in [5.41, 5.74) is -0.915. The summed E-state index contributed by atoms with van der Waals surface area (Å²) in [7, 11) is 0. The second-order valence-electron chi connectivity index (χ2n) is 5.98. The zero-order valence-electron chi connectivity index (χ0n) is 12.4. The topological polar surface area (TPSA) is 51.2 Å². The van der Waals surface area contributed by atoms with Gasteiger partial charge in [-0.1, -0.05) is 0 Å². The molecule has 4 nitrogen and oxygen atoms in total. The van der Waals surface area contributed by atoms with Gasteiger partial charge in [0, 0.05) is 6.04 Å². The molecule has 0 spiro atoms. The predicted molar refractivity (Wildman–Crippen MR) is 72.4 cm³/mol. The molecule has 2 fully saturated rings. The molecule has 3 rings (SSSR count). The maximum Gasteiger partial charge on any atom is 0.311 e. The second kappa shape index (κ2) is 5.98. The van der Waals surface area contributed by atoms with E-state index in [-0.39, 0.29) is 18.4 Å².